The Bertz CT molecular complexity index is 627. The van der Waals surface area contributed by atoms with Crippen LogP contribution < -0.4 is 5.73 Å². The molecule has 0 bridgehead atoms. The second kappa shape index (κ2) is 4.22. The standard InChI is InChI=1S/C14H16N2O2/c1-8-5-4-6-10(7-8)13-12(15)11(14(17)18)9(2)16(13)3/h4-7H,15H2,1-3H3,(H,17,18). The summed E-state index contributed by atoms with van der Waals surface area (Å²) >= 11 is 0. The molecule has 0 radical (unpaired) electrons. The van der Waals surface area contributed by atoms with Crippen molar-refractivity contribution >= 4 is 11.7 Å². The predicted molar refractivity (Wildman–Crippen MR) is 71.7 cm³/mol. The van der Waals surface area contributed by atoms with E-state index in [-0.39, 0.29) is 5.56 Å². The molecule has 0 spiro atoms. The van der Waals surface area contributed by atoms with Gasteiger partial charge in [-0.1, -0.05) is 23.8 Å². The van der Waals surface area contributed by atoms with E-state index in [0.717, 1.165) is 16.8 Å². The molecule has 2 rings (SSSR count). The highest BCUT2D eigenvalue weighted by atomic mass is 16.4. The summed E-state index contributed by atoms with van der Waals surface area (Å²) in [6.45, 7) is 3.76. The van der Waals surface area contributed by atoms with Gasteiger partial charge >= 0.3 is 5.97 Å². The summed E-state index contributed by atoms with van der Waals surface area (Å²) in [7, 11) is 1.83. The Morgan fingerprint density at radius 3 is 2.50 bits per heavy atom. The van der Waals surface area contributed by atoms with Crippen molar-refractivity contribution in [2.45, 2.75) is 13.8 Å². The number of carboxylic acid groups (broad SMARTS) is 1. The maximum absolute atomic E-state index is 11.2. The number of nitrogens with two attached hydrogens (primary N) is 1. The molecule has 18 heavy (non-hydrogen) atoms. The molecule has 0 unspecified atom stereocenters. The van der Waals surface area contributed by atoms with Crippen LogP contribution in [0, 0.1) is 13.8 Å². The van der Waals surface area contributed by atoms with Gasteiger partial charge in [0.1, 0.15) is 5.56 Å². The fraction of sp³-hybridized carbons (Fsp3) is 0.214. The molecule has 0 aliphatic carbocycles. The molecule has 0 atom stereocenters. The highest BCUT2D eigenvalue weighted by Gasteiger charge is 2.22. The highest BCUT2D eigenvalue weighted by Crippen LogP contribution is 2.33. The normalized spacial score (nSPS) is 10.6. The molecular formula is C14H16N2O2. The van der Waals surface area contributed by atoms with Crippen LogP contribution in [0.3, 0.4) is 0 Å². The van der Waals surface area contributed by atoms with Gasteiger partial charge < -0.3 is 15.4 Å². The summed E-state index contributed by atoms with van der Waals surface area (Å²) in [6, 6.07) is 7.86. The van der Waals surface area contributed by atoms with Crippen molar-refractivity contribution in [3.63, 3.8) is 0 Å². The first-order valence-corrected chi connectivity index (χ1v) is 5.68. The van der Waals surface area contributed by atoms with E-state index in [1.165, 1.54) is 0 Å². The Balaban J connectivity index is 2.73. The topological polar surface area (TPSA) is 68.2 Å². The molecule has 4 nitrogen and oxygen atoms in total. The molecule has 0 aliphatic rings. The predicted octanol–water partition coefficient (Wildman–Crippen LogP) is 2.59. The number of anilines is 1. The van der Waals surface area contributed by atoms with Crippen molar-refractivity contribution in [2.75, 3.05) is 5.73 Å². The first-order chi connectivity index (χ1) is 8.43. The third-order valence-corrected chi connectivity index (χ3v) is 3.23. The zero-order valence-electron chi connectivity index (χ0n) is 10.7. The Kier molecular flexibility index (Phi) is 2.87. The van der Waals surface area contributed by atoms with Gasteiger partial charge in [0.15, 0.2) is 0 Å². The Labute approximate surface area is 106 Å². The fourth-order valence-electron chi connectivity index (χ4n) is 2.24. The third-order valence-electron chi connectivity index (χ3n) is 3.23. The average Bonchev–Trinajstić information content (AvgIpc) is 2.50. The second-order valence-electron chi connectivity index (χ2n) is 4.46. The Hall–Kier alpha value is -2.23. The largest absolute Gasteiger partial charge is 0.478 e. The van der Waals surface area contributed by atoms with E-state index in [0.29, 0.717) is 11.4 Å². The highest BCUT2D eigenvalue weighted by molar-refractivity contribution is 5.99. The van der Waals surface area contributed by atoms with Crippen molar-refractivity contribution in [1.82, 2.24) is 4.57 Å². The maximum Gasteiger partial charge on any atom is 0.339 e. The number of nitrogen functional groups attached to an aromatic ring is 1. The number of aromatic carboxylic acids is 1. The van der Waals surface area contributed by atoms with Gasteiger partial charge in [-0.2, -0.15) is 0 Å². The second-order valence-corrected chi connectivity index (χ2v) is 4.46. The summed E-state index contributed by atoms with van der Waals surface area (Å²) in [4.78, 5) is 11.2. The number of rotatable bonds is 2. The van der Waals surface area contributed by atoms with E-state index in [2.05, 4.69) is 0 Å². The number of benzene rings is 1. The van der Waals surface area contributed by atoms with E-state index >= 15 is 0 Å². The van der Waals surface area contributed by atoms with Crippen LogP contribution in [0.2, 0.25) is 0 Å². The summed E-state index contributed by atoms with van der Waals surface area (Å²) in [5.41, 5.74) is 9.97. The van der Waals surface area contributed by atoms with E-state index in [4.69, 9.17) is 5.73 Å². The minimum Gasteiger partial charge on any atom is -0.478 e. The van der Waals surface area contributed by atoms with Crippen LogP contribution in [-0.4, -0.2) is 15.6 Å². The summed E-state index contributed by atoms with van der Waals surface area (Å²) in [5.74, 6) is -0.987. The van der Waals surface area contributed by atoms with E-state index in [1.54, 1.807) is 6.92 Å². The third kappa shape index (κ3) is 1.76. The number of hydrogen-bond donors (Lipinski definition) is 2. The molecule has 0 fully saturated rings. The molecular weight excluding hydrogens is 228 g/mol. The first kappa shape index (κ1) is 12.2. The quantitative estimate of drug-likeness (QED) is 0.853. The lowest BCUT2D eigenvalue weighted by molar-refractivity contribution is 0.0697. The zero-order valence-corrected chi connectivity index (χ0v) is 10.7. The van der Waals surface area contributed by atoms with E-state index < -0.39 is 5.97 Å². The lowest BCUT2D eigenvalue weighted by atomic mass is 10.1. The van der Waals surface area contributed by atoms with Crippen LogP contribution in [0.5, 0.6) is 0 Å². The summed E-state index contributed by atoms with van der Waals surface area (Å²) in [5, 5.41) is 9.19. The first-order valence-electron chi connectivity index (χ1n) is 5.68. The minimum absolute atomic E-state index is 0.189. The van der Waals surface area contributed by atoms with Crippen molar-refractivity contribution in [3.8, 4) is 11.3 Å². The van der Waals surface area contributed by atoms with Crippen LogP contribution in [0.25, 0.3) is 11.3 Å². The van der Waals surface area contributed by atoms with Gasteiger partial charge in [-0.3, -0.25) is 0 Å². The lowest BCUT2D eigenvalue weighted by Gasteiger charge is -2.07. The smallest absolute Gasteiger partial charge is 0.339 e. The van der Waals surface area contributed by atoms with Gasteiger partial charge in [0.05, 0.1) is 11.4 Å². The molecule has 3 N–H and O–H groups in total. The maximum atomic E-state index is 11.2. The summed E-state index contributed by atoms with van der Waals surface area (Å²) < 4.78 is 1.83. The molecule has 0 saturated heterocycles. The Morgan fingerprint density at radius 2 is 2.00 bits per heavy atom. The van der Waals surface area contributed by atoms with Crippen LogP contribution in [0.4, 0.5) is 5.69 Å². The molecule has 4 heteroatoms. The number of hydrogen-bond acceptors (Lipinski definition) is 2. The fourth-order valence-corrected chi connectivity index (χ4v) is 2.24. The molecule has 0 saturated carbocycles. The molecule has 0 aliphatic heterocycles. The van der Waals surface area contributed by atoms with Crippen molar-refractivity contribution in [2.24, 2.45) is 7.05 Å². The van der Waals surface area contributed by atoms with E-state index in [9.17, 15) is 9.90 Å². The molecule has 1 aromatic carbocycles. The molecule has 1 heterocycles. The number of aryl methyl sites for hydroxylation is 1. The van der Waals surface area contributed by atoms with Gasteiger partial charge in [-0.25, -0.2) is 4.79 Å². The SMILES string of the molecule is Cc1cccc(-c2c(N)c(C(=O)O)c(C)n2C)c1. The van der Waals surface area contributed by atoms with Gasteiger partial charge in [-0.05, 0) is 19.9 Å². The average molecular weight is 244 g/mol. The molecule has 0 amide bonds. The van der Waals surface area contributed by atoms with Crippen molar-refractivity contribution in [1.29, 1.82) is 0 Å². The van der Waals surface area contributed by atoms with Gasteiger partial charge in [0.25, 0.3) is 0 Å². The monoisotopic (exact) mass is 244 g/mol. The minimum atomic E-state index is -0.987. The van der Waals surface area contributed by atoms with Crippen LogP contribution in [0.1, 0.15) is 21.6 Å². The molecule has 2 aromatic rings. The van der Waals surface area contributed by atoms with Gasteiger partial charge in [0, 0.05) is 18.3 Å². The van der Waals surface area contributed by atoms with Gasteiger partial charge in [-0.15, -0.1) is 0 Å². The van der Waals surface area contributed by atoms with Gasteiger partial charge in [0.2, 0.25) is 0 Å². The van der Waals surface area contributed by atoms with Crippen molar-refractivity contribution in [3.05, 3.63) is 41.1 Å². The Morgan fingerprint density at radius 1 is 1.33 bits per heavy atom. The summed E-state index contributed by atoms with van der Waals surface area (Å²) in [6.07, 6.45) is 0. The van der Waals surface area contributed by atoms with Crippen LogP contribution >= 0.6 is 0 Å². The number of carboxylic acids is 1. The molecule has 94 valence electrons. The number of nitrogens with zero attached hydrogens (tertiary/aromatic N) is 1. The van der Waals surface area contributed by atoms with Crippen LogP contribution in [-0.2, 0) is 7.05 Å². The van der Waals surface area contributed by atoms with Crippen molar-refractivity contribution < 1.29 is 9.90 Å². The van der Waals surface area contributed by atoms with E-state index in [1.807, 2.05) is 42.8 Å². The zero-order chi connectivity index (χ0) is 13.4. The lowest BCUT2D eigenvalue weighted by Crippen LogP contribution is -2.01. The van der Waals surface area contributed by atoms with Crippen LogP contribution in [0.15, 0.2) is 24.3 Å². The number of aromatic nitrogens is 1. The molecule has 1 aromatic heterocycles. The number of carbonyl (C=O) groups is 1.